The van der Waals surface area contributed by atoms with Crippen molar-refractivity contribution in [1.29, 1.82) is 0 Å². The molecule has 0 spiro atoms. The first-order chi connectivity index (χ1) is 17.6. The second-order valence-electron chi connectivity index (χ2n) is 7.94. The van der Waals surface area contributed by atoms with Crippen LogP contribution in [0.2, 0.25) is 0 Å². The predicted octanol–water partition coefficient (Wildman–Crippen LogP) is 6.65. The van der Waals surface area contributed by atoms with Crippen molar-refractivity contribution in [3.63, 3.8) is 0 Å². The highest BCUT2D eigenvalue weighted by atomic mass is 19.2. The van der Waals surface area contributed by atoms with Crippen LogP contribution in [0, 0.1) is 52.4 Å². The maximum Gasteiger partial charge on any atom is 0.566 e. The van der Waals surface area contributed by atoms with Crippen LogP contribution in [0.1, 0.15) is 17.2 Å². The van der Waals surface area contributed by atoms with Gasteiger partial charge in [0.25, 0.3) is 0 Å². The van der Waals surface area contributed by atoms with Crippen molar-refractivity contribution < 1.29 is 48.8 Å². The highest BCUT2D eigenvalue weighted by molar-refractivity contribution is 6.62. The lowest BCUT2D eigenvalue weighted by Gasteiger charge is -2.22. The van der Waals surface area contributed by atoms with Gasteiger partial charge in [-0.05, 0) is 17.2 Å². The molecule has 188 valence electrons. The van der Waals surface area contributed by atoms with Crippen LogP contribution in [0.15, 0.2) is 48.5 Å². The molecule has 0 aliphatic heterocycles. The van der Waals surface area contributed by atoms with E-state index < -0.39 is 87.6 Å². The molecule has 0 N–H and O–H groups in total. The molecule has 0 saturated heterocycles. The zero-order chi connectivity index (χ0) is 26.6. The molecule has 0 amide bonds. The van der Waals surface area contributed by atoms with Gasteiger partial charge in [0.2, 0.25) is 5.82 Å². The molecule has 1 aliphatic rings. The fourth-order valence-electron chi connectivity index (χ4n) is 4.01. The van der Waals surface area contributed by atoms with Gasteiger partial charge in [-0.1, -0.05) is 42.5 Å². The summed E-state index contributed by atoms with van der Waals surface area (Å²) in [5.74, 6) is -20.6. The van der Waals surface area contributed by atoms with Crippen LogP contribution in [0.3, 0.4) is 0 Å². The number of rotatable bonds is 5. The molecule has 4 aromatic carbocycles. The van der Waals surface area contributed by atoms with Crippen LogP contribution >= 0.6 is 0 Å². The van der Waals surface area contributed by atoms with Crippen LogP contribution in [0.25, 0.3) is 16.8 Å². The van der Waals surface area contributed by atoms with Crippen LogP contribution in [0.4, 0.5) is 39.5 Å². The highest BCUT2D eigenvalue weighted by Gasteiger charge is 2.37. The quantitative estimate of drug-likeness (QED) is 0.126. The van der Waals surface area contributed by atoms with E-state index in [1.165, 1.54) is 6.08 Å². The van der Waals surface area contributed by atoms with E-state index in [4.69, 9.17) is 9.31 Å². The van der Waals surface area contributed by atoms with Gasteiger partial charge in [0.15, 0.2) is 40.7 Å². The minimum atomic E-state index is -2.48. The Kier molecular flexibility index (Phi) is 6.14. The molecule has 0 fully saturated rings. The van der Waals surface area contributed by atoms with E-state index in [1.807, 2.05) is 0 Å². The number of hydrogen-bond acceptors (Lipinski definition) is 2. The number of hydrogen-bond donors (Lipinski definition) is 0. The maximum absolute atomic E-state index is 14.9. The minimum absolute atomic E-state index is 0.405. The van der Waals surface area contributed by atoms with Crippen molar-refractivity contribution in [3.8, 4) is 5.75 Å². The van der Waals surface area contributed by atoms with Gasteiger partial charge in [-0.3, -0.25) is 0 Å². The minimum Gasteiger partial charge on any atom is -0.530 e. The Morgan fingerprint density at radius 3 is 1.95 bits per heavy atom. The third-order valence-corrected chi connectivity index (χ3v) is 5.76. The van der Waals surface area contributed by atoms with E-state index in [1.54, 1.807) is 30.3 Å². The average Bonchev–Trinajstić information content (AvgIpc) is 3.28. The van der Waals surface area contributed by atoms with Gasteiger partial charge in [-0.15, -0.1) is 0 Å². The average molecular weight is 524 g/mol. The first-order valence-electron chi connectivity index (χ1n) is 10.5. The second-order valence-corrected chi connectivity index (χ2v) is 7.94. The Morgan fingerprint density at radius 2 is 1.27 bits per heavy atom. The Labute approximate surface area is 202 Å². The van der Waals surface area contributed by atoms with Crippen molar-refractivity contribution in [2.24, 2.45) is 0 Å². The highest BCUT2D eigenvalue weighted by Crippen LogP contribution is 2.40. The summed E-state index contributed by atoms with van der Waals surface area (Å²) in [4.78, 5) is 0. The van der Waals surface area contributed by atoms with Gasteiger partial charge in [-0.2, -0.15) is 4.39 Å². The van der Waals surface area contributed by atoms with Gasteiger partial charge in [0.05, 0.1) is 16.9 Å². The summed E-state index contributed by atoms with van der Waals surface area (Å²) in [6.45, 7) is 0. The van der Waals surface area contributed by atoms with E-state index in [2.05, 4.69) is 0 Å². The fourth-order valence-corrected chi connectivity index (χ4v) is 4.01. The summed E-state index contributed by atoms with van der Waals surface area (Å²) < 4.78 is 140. The smallest absolute Gasteiger partial charge is 0.530 e. The SMILES string of the molecule is Fc1ccc(B(Oc2c(F)c(F)c(F)c3c(F)c(F)c(F)c(F)c23)OC2C=Cc3ccccc32)c(F)c1. The van der Waals surface area contributed by atoms with Crippen LogP contribution in [-0.4, -0.2) is 7.12 Å². The normalized spacial score (nSPS) is 14.4. The van der Waals surface area contributed by atoms with E-state index in [-0.39, 0.29) is 0 Å². The van der Waals surface area contributed by atoms with Crippen molar-refractivity contribution in [2.45, 2.75) is 6.10 Å². The summed E-state index contributed by atoms with van der Waals surface area (Å²) in [5.41, 5.74) is 0.570. The molecule has 2 nitrogen and oxygen atoms in total. The summed E-state index contributed by atoms with van der Waals surface area (Å²) in [6.07, 6.45) is 2.07. The number of benzene rings is 4. The lowest BCUT2D eigenvalue weighted by molar-refractivity contribution is 0.222. The summed E-state index contributed by atoms with van der Waals surface area (Å²) in [6, 6.07) is 8.63. The molecule has 0 radical (unpaired) electrons. The van der Waals surface area contributed by atoms with Crippen LogP contribution < -0.4 is 10.1 Å². The summed E-state index contributed by atoms with van der Waals surface area (Å²) in [5, 5.41) is -3.42. The largest absolute Gasteiger partial charge is 0.566 e. The molecule has 5 rings (SSSR count). The van der Waals surface area contributed by atoms with E-state index in [0.29, 0.717) is 17.2 Å². The fraction of sp³-hybridized carbons (Fsp3) is 0.0400. The summed E-state index contributed by atoms with van der Waals surface area (Å²) in [7, 11) is -2.13. The molecule has 0 bridgehead atoms. The zero-order valence-corrected chi connectivity index (χ0v) is 18.1. The van der Waals surface area contributed by atoms with Crippen LogP contribution in [0.5, 0.6) is 5.75 Å². The zero-order valence-electron chi connectivity index (χ0n) is 18.1. The molecule has 37 heavy (non-hydrogen) atoms. The Hall–Kier alpha value is -3.93. The standard InChI is InChI=1S/C25H10BF9O2/c27-11-6-7-13(14(28)9-11)26(36-15-8-5-10-3-1-2-4-12(10)15)37-25-17-16(19(30)23(34)24(25)35)18(29)21(32)22(33)20(17)31/h1-9,15H. The molecule has 12 heteroatoms. The molecule has 0 heterocycles. The monoisotopic (exact) mass is 524 g/mol. The molecule has 4 aromatic rings. The van der Waals surface area contributed by atoms with Crippen molar-refractivity contribution in [2.75, 3.05) is 0 Å². The molecular formula is C25H10BF9O2. The first kappa shape index (κ1) is 24.8. The summed E-state index contributed by atoms with van der Waals surface area (Å²) >= 11 is 0. The Balaban J connectivity index is 1.71. The van der Waals surface area contributed by atoms with Gasteiger partial charge in [0, 0.05) is 11.5 Å². The van der Waals surface area contributed by atoms with E-state index >= 15 is 0 Å². The topological polar surface area (TPSA) is 18.5 Å². The lowest BCUT2D eigenvalue weighted by atomic mass is 9.77. The molecule has 1 unspecified atom stereocenters. The van der Waals surface area contributed by atoms with Crippen molar-refractivity contribution >= 4 is 29.4 Å². The Bertz CT molecular complexity index is 1600. The van der Waals surface area contributed by atoms with Gasteiger partial charge in [0.1, 0.15) is 11.6 Å². The van der Waals surface area contributed by atoms with E-state index in [9.17, 15) is 39.5 Å². The third-order valence-electron chi connectivity index (χ3n) is 5.76. The van der Waals surface area contributed by atoms with Crippen LogP contribution in [-0.2, 0) is 4.65 Å². The maximum atomic E-state index is 14.9. The van der Waals surface area contributed by atoms with Crippen molar-refractivity contribution in [1.82, 2.24) is 0 Å². The second kappa shape index (κ2) is 9.18. The number of fused-ring (bicyclic) bond motifs is 2. The van der Waals surface area contributed by atoms with Crippen molar-refractivity contribution in [3.05, 3.63) is 112 Å². The third kappa shape index (κ3) is 4.01. The predicted molar refractivity (Wildman–Crippen MR) is 115 cm³/mol. The van der Waals surface area contributed by atoms with Gasteiger partial charge >= 0.3 is 7.12 Å². The van der Waals surface area contributed by atoms with E-state index in [0.717, 1.165) is 12.1 Å². The number of halogens is 9. The lowest BCUT2D eigenvalue weighted by Crippen LogP contribution is -2.43. The molecule has 1 atom stereocenters. The molecule has 0 aromatic heterocycles. The molecule has 1 aliphatic carbocycles. The molecule has 0 saturated carbocycles. The first-order valence-corrected chi connectivity index (χ1v) is 10.5. The molecular weight excluding hydrogens is 514 g/mol. The van der Waals surface area contributed by atoms with Gasteiger partial charge < -0.3 is 9.31 Å². The Morgan fingerprint density at radius 1 is 0.649 bits per heavy atom. The van der Waals surface area contributed by atoms with Gasteiger partial charge in [-0.25, -0.2) is 35.1 Å².